The van der Waals surface area contributed by atoms with Crippen LogP contribution < -0.4 is 15.0 Å². The van der Waals surface area contributed by atoms with Gasteiger partial charge in [-0.2, -0.15) is 4.91 Å². The standard InChI is InChI=1S/C20H12N4O7/c25-19-12-6-29-20(26)18(23-28)9(12)1-14-17-11(5-24(14)19)10(4-21-27)8-2-15-16(31-7-30-15)3-13(8)22-17/h1-3,18H,4-7H2. The predicted octanol–water partition coefficient (Wildman–Crippen LogP) is 2.28. The first-order valence-corrected chi connectivity index (χ1v) is 9.41. The van der Waals surface area contributed by atoms with Gasteiger partial charge in [-0.3, -0.25) is 4.79 Å². The largest absolute Gasteiger partial charge is 0.459 e. The van der Waals surface area contributed by atoms with Crippen molar-refractivity contribution in [3.8, 4) is 22.9 Å². The summed E-state index contributed by atoms with van der Waals surface area (Å²) < 4.78 is 17.3. The van der Waals surface area contributed by atoms with Gasteiger partial charge < -0.3 is 18.8 Å². The lowest BCUT2D eigenvalue weighted by atomic mass is 9.97. The van der Waals surface area contributed by atoms with Gasteiger partial charge in [0, 0.05) is 22.6 Å². The van der Waals surface area contributed by atoms with E-state index in [1.807, 2.05) is 0 Å². The Kier molecular flexibility index (Phi) is 3.52. The van der Waals surface area contributed by atoms with Gasteiger partial charge in [0.25, 0.3) is 5.56 Å². The third-order valence-corrected chi connectivity index (χ3v) is 5.90. The maximum Gasteiger partial charge on any atom is 0.339 e. The molecule has 0 amide bonds. The Hall–Kier alpha value is -4.15. The summed E-state index contributed by atoms with van der Waals surface area (Å²) in [5.41, 5.74) is 2.81. The molecule has 0 spiro atoms. The summed E-state index contributed by atoms with van der Waals surface area (Å²) in [6.45, 7) is -0.0852. The number of nitroso groups, excluding NO2 is 2. The van der Waals surface area contributed by atoms with Crippen LogP contribution in [0.4, 0.5) is 0 Å². The molecule has 0 fully saturated rings. The molecule has 0 N–H and O–H groups in total. The summed E-state index contributed by atoms with van der Waals surface area (Å²) in [4.78, 5) is 52.3. The van der Waals surface area contributed by atoms with Crippen molar-refractivity contribution in [3.05, 3.63) is 60.6 Å². The van der Waals surface area contributed by atoms with Crippen molar-refractivity contribution >= 4 is 16.9 Å². The van der Waals surface area contributed by atoms with Crippen molar-refractivity contribution in [2.24, 2.45) is 10.4 Å². The second kappa shape index (κ2) is 6.17. The smallest absolute Gasteiger partial charge is 0.339 e. The molecular weight excluding hydrogens is 408 g/mol. The molecule has 0 aliphatic carbocycles. The topological polar surface area (TPSA) is 139 Å². The van der Waals surface area contributed by atoms with E-state index in [4.69, 9.17) is 19.2 Å². The lowest BCUT2D eigenvalue weighted by molar-refractivity contribution is -0.148. The maximum atomic E-state index is 13.1. The predicted molar refractivity (Wildman–Crippen MR) is 104 cm³/mol. The maximum absolute atomic E-state index is 13.1. The number of cyclic esters (lactones) is 1. The Morgan fingerprint density at radius 3 is 2.65 bits per heavy atom. The van der Waals surface area contributed by atoms with E-state index in [-0.39, 0.29) is 37.6 Å². The molecule has 1 atom stereocenters. The second-order valence-corrected chi connectivity index (χ2v) is 7.40. The molecule has 31 heavy (non-hydrogen) atoms. The van der Waals surface area contributed by atoms with Gasteiger partial charge in [0.15, 0.2) is 11.5 Å². The fourth-order valence-corrected chi connectivity index (χ4v) is 4.44. The third-order valence-electron chi connectivity index (χ3n) is 5.90. The molecule has 3 aliphatic heterocycles. The number of nitrogens with zero attached hydrogens (tertiary/aromatic N) is 4. The Bertz CT molecular complexity index is 1410. The van der Waals surface area contributed by atoms with E-state index in [1.54, 1.807) is 18.2 Å². The van der Waals surface area contributed by atoms with Gasteiger partial charge in [0.1, 0.15) is 13.2 Å². The van der Waals surface area contributed by atoms with E-state index < -0.39 is 17.6 Å². The highest BCUT2D eigenvalue weighted by atomic mass is 16.7. The van der Waals surface area contributed by atoms with Gasteiger partial charge in [-0.25, -0.2) is 9.78 Å². The number of esters is 1. The van der Waals surface area contributed by atoms with Gasteiger partial charge in [-0.15, -0.1) is 4.91 Å². The van der Waals surface area contributed by atoms with Crippen LogP contribution >= 0.6 is 0 Å². The summed E-state index contributed by atoms with van der Waals surface area (Å²) in [5.74, 6) is 0.272. The van der Waals surface area contributed by atoms with E-state index in [2.05, 4.69) is 10.4 Å². The summed E-state index contributed by atoms with van der Waals surface area (Å²) in [5, 5.41) is 6.60. The zero-order valence-corrected chi connectivity index (χ0v) is 15.8. The molecule has 11 heteroatoms. The summed E-state index contributed by atoms with van der Waals surface area (Å²) in [6, 6.07) is 3.63. The first-order chi connectivity index (χ1) is 15.1. The van der Waals surface area contributed by atoms with Crippen LogP contribution in [0.15, 0.2) is 33.3 Å². The van der Waals surface area contributed by atoms with Crippen molar-refractivity contribution in [1.82, 2.24) is 9.55 Å². The molecule has 3 aliphatic rings. The van der Waals surface area contributed by atoms with Crippen LogP contribution in [0.2, 0.25) is 0 Å². The lowest BCUT2D eigenvalue weighted by Crippen LogP contribution is -2.32. The van der Waals surface area contributed by atoms with E-state index >= 15 is 0 Å². The minimum absolute atomic E-state index is 0.0905. The fraction of sp³-hybridized carbons (Fsp3) is 0.250. The van der Waals surface area contributed by atoms with Crippen LogP contribution in [0.3, 0.4) is 0 Å². The van der Waals surface area contributed by atoms with Crippen LogP contribution in [0.1, 0.15) is 28.3 Å². The van der Waals surface area contributed by atoms with Crippen LogP contribution in [0, 0.1) is 9.81 Å². The molecule has 154 valence electrons. The van der Waals surface area contributed by atoms with Crippen molar-refractivity contribution in [1.29, 1.82) is 0 Å². The van der Waals surface area contributed by atoms with Crippen molar-refractivity contribution in [2.75, 3.05) is 6.79 Å². The van der Waals surface area contributed by atoms with Gasteiger partial charge >= 0.3 is 5.97 Å². The zero-order chi connectivity index (χ0) is 21.3. The fourth-order valence-electron chi connectivity index (χ4n) is 4.44. The molecule has 1 unspecified atom stereocenters. The number of benzene rings is 1. The number of hydrogen-bond acceptors (Lipinski definition) is 10. The number of rotatable bonds is 3. The van der Waals surface area contributed by atoms with Crippen molar-refractivity contribution in [3.63, 3.8) is 0 Å². The van der Waals surface area contributed by atoms with E-state index in [1.165, 1.54) is 4.57 Å². The molecule has 3 aromatic rings. The van der Waals surface area contributed by atoms with Crippen LogP contribution in [-0.2, 0) is 29.2 Å². The Morgan fingerprint density at radius 2 is 1.87 bits per heavy atom. The summed E-state index contributed by atoms with van der Waals surface area (Å²) >= 11 is 0. The molecule has 6 rings (SSSR count). The van der Waals surface area contributed by atoms with Gasteiger partial charge in [-0.1, -0.05) is 5.18 Å². The number of fused-ring (bicyclic) bond motifs is 6. The average molecular weight is 420 g/mol. The lowest BCUT2D eigenvalue weighted by Gasteiger charge is -2.20. The Balaban J connectivity index is 1.65. The summed E-state index contributed by atoms with van der Waals surface area (Å²) in [7, 11) is 0. The van der Waals surface area contributed by atoms with Gasteiger partial charge in [-0.05, 0) is 22.9 Å². The Morgan fingerprint density at radius 1 is 1.06 bits per heavy atom. The number of carbonyl (C=O) groups excluding carboxylic acids is 1. The van der Waals surface area contributed by atoms with E-state index in [9.17, 15) is 19.4 Å². The van der Waals surface area contributed by atoms with Crippen LogP contribution in [-0.4, -0.2) is 22.3 Å². The monoisotopic (exact) mass is 420 g/mol. The SMILES string of the molecule is O=NCc1c2c(nc3cc4c(cc13)OCO4)-c1cc3c(c(=O)n1C2)COC(=O)C3N=O. The number of ether oxygens (including phenoxy) is 3. The molecule has 0 saturated carbocycles. The van der Waals surface area contributed by atoms with Gasteiger partial charge in [0.05, 0.1) is 29.0 Å². The minimum Gasteiger partial charge on any atom is -0.459 e. The Labute approximate surface area is 172 Å². The van der Waals surface area contributed by atoms with E-state index in [0.29, 0.717) is 44.9 Å². The first kappa shape index (κ1) is 17.7. The molecular formula is C20H12N4O7. The van der Waals surface area contributed by atoms with Crippen molar-refractivity contribution < 1.29 is 19.0 Å². The molecule has 11 nitrogen and oxygen atoms in total. The highest BCUT2D eigenvalue weighted by Gasteiger charge is 2.36. The van der Waals surface area contributed by atoms with Gasteiger partial charge in [0.2, 0.25) is 12.8 Å². The molecule has 0 saturated heterocycles. The van der Waals surface area contributed by atoms with Crippen molar-refractivity contribution in [2.45, 2.75) is 25.7 Å². The highest BCUT2D eigenvalue weighted by molar-refractivity contribution is 5.91. The van der Waals surface area contributed by atoms with Crippen LogP contribution in [0.5, 0.6) is 11.5 Å². The van der Waals surface area contributed by atoms with E-state index in [0.717, 1.165) is 0 Å². The van der Waals surface area contributed by atoms with Crippen LogP contribution in [0.25, 0.3) is 22.3 Å². The quantitative estimate of drug-likeness (QED) is 0.363. The first-order valence-electron chi connectivity index (χ1n) is 9.41. The minimum atomic E-state index is -1.41. The molecule has 5 heterocycles. The number of carbonyl (C=O) groups is 1. The molecule has 2 aromatic heterocycles. The number of pyridine rings is 2. The number of hydrogen-bond donors (Lipinski definition) is 0. The molecule has 0 radical (unpaired) electrons. The zero-order valence-electron chi connectivity index (χ0n) is 15.8. The molecule has 1 aromatic carbocycles. The third kappa shape index (κ3) is 2.31. The summed E-state index contributed by atoms with van der Waals surface area (Å²) in [6.07, 6.45) is 0. The second-order valence-electron chi connectivity index (χ2n) is 7.40. The highest BCUT2D eigenvalue weighted by Crippen LogP contribution is 2.42. The molecule has 0 bridgehead atoms. The average Bonchev–Trinajstić information content (AvgIpc) is 3.37. The normalized spacial score (nSPS) is 17.7. The number of aromatic nitrogens is 2.